The van der Waals surface area contributed by atoms with E-state index in [0.717, 1.165) is 0 Å². The molecule has 4 amide bonds. The van der Waals surface area contributed by atoms with Gasteiger partial charge in [-0.25, -0.2) is 0 Å². The lowest BCUT2D eigenvalue weighted by Gasteiger charge is -2.29. The number of imide groups is 1. The van der Waals surface area contributed by atoms with E-state index in [4.69, 9.17) is 9.84 Å². The minimum absolute atomic E-state index is 0.105. The van der Waals surface area contributed by atoms with Crippen molar-refractivity contribution in [2.24, 2.45) is 0 Å². The molecule has 2 aliphatic rings. The van der Waals surface area contributed by atoms with Crippen LogP contribution in [0.15, 0.2) is 18.2 Å². The molecule has 0 radical (unpaired) electrons. The maximum atomic E-state index is 12.7. The van der Waals surface area contributed by atoms with E-state index < -0.39 is 11.9 Å². The lowest BCUT2D eigenvalue weighted by Crippen LogP contribution is -2.52. The second-order valence-corrected chi connectivity index (χ2v) is 6.37. The number of rotatable bonds is 7. The average Bonchev–Trinajstić information content (AvgIpc) is 2.97. The third kappa shape index (κ3) is 4.15. The Morgan fingerprint density at radius 3 is 2.85 bits per heavy atom. The molecular formula is C18H21N3O6. The van der Waals surface area contributed by atoms with Crippen LogP contribution in [-0.2, 0) is 25.7 Å². The van der Waals surface area contributed by atoms with Gasteiger partial charge in [-0.1, -0.05) is 6.07 Å². The second kappa shape index (κ2) is 8.28. The van der Waals surface area contributed by atoms with Crippen LogP contribution in [0.1, 0.15) is 35.2 Å². The largest absolute Gasteiger partial charge is 0.394 e. The summed E-state index contributed by atoms with van der Waals surface area (Å²) in [6.45, 7) is 0.441. The number of carbonyl (C=O) groups is 4. The minimum atomic E-state index is -0.696. The van der Waals surface area contributed by atoms with Crippen LogP contribution < -0.4 is 10.6 Å². The molecule has 3 N–H and O–H groups in total. The van der Waals surface area contributed by atoms with Crippen molar-refractivity contribution in [3.8, 4) is 0 Å². The van der Waals surface area contributed by atoms with Crippen molar-refractivity contribution in [1.29, 1.82) is 0 Å². The van der Waals surface area contributed by atoms with Gasteiger partial charge >= 0.3 is 0 Å². The fourth-order valence-electron chi connectivity index (χ4n) is 3.25. The molecule has 1 aromatic rings. The lowest BCUT2D eigenvalue weighted by atomic mass is 10.0. The molecule has 0 aliphatic carbocycles. The van der Waals surface area contributed by atoms with Crippen LogP contribution in [0.4, 0.5) is 5.69 Å². The van der Waals surface area contributed by atoms with Crippen molar-refractivity contribution in [1.82, 2.24) is 10.2 Å². The Kier molecular flexibility index (Phi) is 5.82. The van der Waals surface area contributed by atoms with E-state index in [1.165, 1.54) is 4.90 Å². The third-order valence-corrected chi connectivity index (χ3v) is 4.57. The number of anilines is 1. The smallest absolute Gasteiger partial charge is 0.255 e. The van der Waals surface area contributed by atoms with E-state index in [2.05, 4.69) is 10.6 Å². The van der Waals surface area contributed by atoms with Crippen LogP contribution in [0, 0.1) is 0 Å². The Morgan fingerprint density at radius 1 is 1.30 bits per heavy atom. The zero-order valence-corrected chi connectivity index (χ0v) is 14.7. The van der Waals surface area contributed by atoms with Gasteiger partial charge in [0, 0.05) is 29.8 Å². The van der Waals surface area contributed by atoms with E-state index >= 15 is 0 Å². The molecule has 1 atom stereocenters. The molecule has 1 saturated heterocycles. The molecule has 27 heavy (non-hydrogen) atoms. The number of aliphatic hydroxyl groups excluding tert-OH is 1. The van der Waals surface area contributed by atoms with E-state index in [0.29, 0.717) is 16.8 Å². The molecule has 0 bridgehead atoms. The first-order chi connectivity index (χ1) is 13.0. The highest BCUT2D eigenvalue weighted by Gasteiger charge is 2.39. The molecule has 9 nitrogen and oxygen atoms in total. The van der Waals surface area contributed by atoms with Crippen molar-refractivity contribution in [2.75, 3.05) is 25.1 Å². The predicted molar refractivity (Wildman–Crippen MR) is 93.6 cm³/mol. The average molecular weight is 375 g/mol. The van der Waals surface area contributed by atoms with Gasteiger partial charge in [-0.15, -0.1) is 0 Å². The van der Waals surface area contributed by atoms with Crippen LogP contribution in [0.5, 0.6) is 0 Å². The number of amides is 4. The van der Waals surface area contributed by atoms with Crippen molar-refractivity contribution >= 4 is 29.3 Å². The number of piperidine rings is 1. The van der Waals surface area contributed by atoms with Gasteiger partial charge in [0.1, 0.15) is 6.04 Å². The number of fused-ring (bicyclic) bond motifs is 1. The first kappa shape index (κ1) is 19.0. The topological polar surface area (TPSA) is 125 Å². The first-order valence-corrected chi connectivity index (χ1v) is 8.76. The number of hydrogen-bond acceptors (Lipinski definition) is 6. The van der Waals surface area contributed by atoms with E-state index in [-0.39, 0.29) is 63.3 Å². The second-order valence-electron chi connectivity index (χ2n) is 6.37. The van der Waals surface area contributed by atoms with Gasteiger partial charge in [0.25, 0.3) is 5.91 Å². The van der Waals surface area contributed by atoms with Gasteiger partial charge in [-0.2, -0.15) is 0 Å². The standard InChI is InChI=1S/C18H21N3O6/c22-7-9-27-8-6-16(24)19-13-3-1-2-11-12(13)10-21(18(11)26)14-4-5-15(23)20-17(14)25/h1-3,14,22H,4-10H2,(H,19,24)(H,20,23,25). The Hall–Kier alpha value is -2.78. The molecule has 144 valence electrons. The molecule has 2 aliphatic heterocycles. The highest BCUT2D eigenvalue weighted by Crippen LogP contribution is 2.32. The molecule has 1 unspecified atom stereocenters. The van der Waals surface area contributed by atoms with Crippen LogP contribution in [0.3, 0.4) is 0 Å². The first-order valence-electron chi connectivity index (χ1n) is 8.76. The molecule has 0 saturated carbocycles. The summed E-state index contributed by atoms with van der Waals surface area (Å²) in [6, 6.07) is 4.33. The number of hydrogen-bond donors (Lipinski definition) is 3. The molecular weight excluding hydrogens is 354 g/mol. The molecule has 1 fully saturated rings. The van der Waals surface area contributed by atoms with Crippen molar-refractivity contribution in [2.45, 2.75) is 31.8 Å². The maximum Gasteiger partial charge on any atom is 0.255 e. The summed E-state index contributed by atoms with van der Waals surface area (Å²) < 4.78 is 5.07. The molecule has 0 aromatic heterocycles. The highest BCUT2D eigenvalue weighted by atomic mass is 16.5. The summed E-state index contributed by atoms with van der Waals surface area (Å²) in [5.41, 5.74) is 1.61. The van der Waals surface area contributed by atoms with Crippen LogP contribution in [0.2, 0.25) is 0 Å². The number of aliphatic hydroxyl groups is 1. The quantitative estimate of drug-likeness (QED) is 0.447. The molecule has 9 heteroatoms. The summed E-state index contributed by atoms with van der Waals surface area (Å²) in [7, 11) is 0. The summed E-state index contributed by atoms with van der Waals surface area (Å²) >= 11 is 0. The number of carbonyl (C=O) groups excluding carboxylic acids is 4. The van der Waals surface area contributed by atoms with Crippen LogP contribution >= 0.6 is 0 Å². The van der Waals surface area contributed by atoms with E-state index in [1.54, 1.807) is 18.2 Å². The fraction of sp³-hybridized carbons (Fsp3) is 0.444. The highest BCUT2D eigenvalue weighted by molar-refractivity contribution is 6.06. The van der Waals surface area contributed by atoms with Gasteiger partial charge in [-0.3, -0.25) is 24.5 Å². The van der Waals surface area contributed by atoms with Gasteiger partial charge in [0.05, 0.1) is 26.2 Å². The molecule has 1 aromatic carbocycles. The Labute approximate surface area is 155 Å². The van der Waals surface area contributed by atoms with Crippen LogP contribution in [-0.4, -0.2) is 59.5 Å². The maximum absolute atomic E-state index is 12.7. The fourth-order valence-corrected chi connectivity index (χ4v) is 3.25. The van der Waals surface area contributed by atoms with E-state index in [1.807, 2.05) is 0 Å². The molecule has 0 spiro atoms. The number of nitrogens with one attached hydrogen (secondary N) is 2. The molecule has 3 rings (SSSR count). The van der Waals surface area contributed by atoms with Gasteiger partial charge in [-0.05, 0) is 18.6 Å². The monoisotopic (exact) mass is 375 g/mol. The SMILES string of the molecule is O=C1CCC(N2Cc3c(NC(=O)CCOCCO)cccc3C2=O)C(=O)N1. The number of nitrogens with zero attached hydrogens (tertiary/aromatic N) is 1. The minimum Gasteiger partial charge on any atom is -0.394 e. The zero-order valence-electron chi connectivity index (χ0n) is 14.7. The lowest BCUT2D eigenvalue weighted by molar-refractivity contribution is -0.137. The Morgan fingerprint density at radius 2 is 2.11 bits per heavy atom. The van der Waals surface area contributed by atoms with Gasteiger partial charge in [0.2, 0.25) is 17.7 Å². The summed E-state index contributed by atoms with van der Waals surface area (Å²) in [4.78, 5) is 49.6. The van der Waals surface area contributed by atoms with Crippen molar-refractivity contribution in [3.05, 3.63) is 29.3 Å². The summed E-state index contributed by atoms with van der Waals surface area (Å²) in [5, 5.41) is 13.7. The normalized spacial score (nSPS) is 19.1. The zero-order chi connectivity index (χ0) is 19.4. The third-order valence-electron chi connectivity index (χ3n) is 4.57. The Bertz CT molecular complexity index is 778. The number of ether oxygens (including phenoxy) is 1. The van der Waals surface area contributed by atoms with E-state index in [9.17, 15) is 19.2 Å². The van der Waals surface area contributed by atoms with Crippen molar-refractivity contribution in [3.63, 3.8) is 0 Å². The van der Waals surface area contributed by atoms with Crippen LogP contribution in [0.25, 0.3) is 0 Å². The predicted octanol–water partition coefficient (Wildman–Crippen LogP) is -0.215. The summed E-state index contributed by atoms with van der Waals surface area (Å²) in [5.74, 6) is -1.37. The summed E-state index contributed by atoms with van der Waals surface area (Å²) in [6.07, 6.45) is 0.594. The molecule has 2 heterocycles. The number of benzene rings is 1. The Balaban J connectivity index is 1.69. The van der Waals surface area contributed by atoms with Gasteiger partial charge < -0.3 is 20.1 Å². The van der Waals surface area contributed by atoms with Gasteiger partial charge in [0.15, 0.2) is 0 Å². The van der Waals surface area contributed by atoms with Crippen molar-refractivity contribution < 1.29 is 29.0 Å².